The van der Waals surface area contributed by atoms with E-state index in [0.29, 0.717) is 13.1 Å². The predicted octanol–water partition coefficient (Wildman–Crippen LogP) is 2.54. The molecule has 2 N–H and O–H groups in total. The Kier molecular flexibility index (Phi) is 4.22. The fourth-order valence-electron chi connectivity index (χ4n) is 2.87. The summed E-state index contributed by atoms with van der Waals surface area (Å²) < 4.78 is 13.1. The zero-order chi connectivity index (χ0) is 17.4. The Balaban J connectivity index is 1.81. The van der Waals surface area contributed by atoms with E-state index in [4.69, 9.17) is 20.2 Å². The molecule has 2 aromatic heterocycles. The van der Waals surface area contributed by atoms with Gasteiger partial charge in [0.1, 0.15) is 11.8 Å². The summed E-state index contributed by atoms with van der Waals surface area (Å²) in [6.45, 7) is 5.51. The molecule has 3 aromatic rings. The van der Waals surface area contributed by atoms with E-state index in [-0.39, 0.29) is 6.79 Å². The molecule has 1 aliphatic heterocycles. The zero-order valence-corrected chi connectivity index (χ0v) is 15.0. The van der Waals surface area contributed by atoms with Gasteiger partial charge in [-0.3, -0.25) is 0 Å². The van der Waals surface area contributed by atoms with Gasteiger partial charge in [0, 0.05) is 18.0 Å². The second-order valence-electron chi connectivity index (χ2n) is 5.73. The van der Waals surface area contributed by atoms with Gasteiger partial charge in [0.25, 0.3) is 0 Å². The molecule has 0 saturated carbocycles. The second kappa shape index (κ2) is 6.53. The normalized spacial score (nSPS) is 12.9. The van der Waals surface area contributed by atoms with Crippen molar-refractivity contribution in [2.45, 2.75) is 36.9 Å². The fraction of sp³-hybridized carbons (Fsp3) is 0.353. The predicted molar refractivity (Wildman–Crippen MR) is 95.2 cm³/mol. The first-order valence-electron chi connectivity index (χ1n) is 8.19. The van der Waals surface area contributed by atoms with Gasteiger partial charge >= 0.3 is 0 Å². The monoisotopic (exact) mass is 357 g/mol. The first-order chi connectivity index (χ1) is 12.2. The lowest BCUT2D eigenvalue weighted by molar-refractivity contribution is 0.174. The third kappa shape index (κ3) is 2.81. The molecule has 7 nitrogen and oxygen atoms in total. The number of benzene rings is 1. The summed E-state index contributed by atoms with van der Waals surface area (Å²) in [5.74, 6) is 1.58. The lowest BCUT2D eigenvalue weighted by Gasteiger charge is -2.10. The van der Waals surface area contributed by atoms with Gasteiger partial charge in [0.05, 0.1) is 5.69 Å². The van der Waals surface area contributed by atoms with E-state index in [1.54, 1.807) is 18.1 Å². The molecule has 8 heteroatoms. The van der Waals surface area contributed by atoms with Gasteiger partial charge < -0.3 is 19.8 Å². The highest BCUT2D eigenvalue weighted by atomic mass is 32.2. The number of aromatic nitrogens is 4. The first kappa shape index (κ1) is 16.2. The highest BCUT2D eigenvalue weighted by molar-refractivity contribution is 7.99. The van der Waals surface area contributed by atoms with E-state index < -0.39 is 0 Å². The molecule has 1 aromatic carbocycles. The van der Waals surface area contributed by atoms with E-state index in [1.807, 2.05) is 19.1 Å². The largest absolute Gasteiger partial charge is 0.454 e. The molecular formula is C17H19N5O2S. The molecule has 0 saturated heterocycles. The fourth-order valence-corrected chi connectivity index (χ4v) is 3.99. The number of imidazole rings is 1. The van der Waals surface area contributed by atoms with Crippen molar-refractivity contribution in [3.8, 4) is 11.5 Å². The van der Waals surface area contributed by atoms with Gasteiger partial charge in [0.2, 0.25) is 6.79 Å². The van der Waals surface area contributed by atoms with Crippen LogP contribution in [0.4, 0.5) is 0 Å². The number of ether oxygens (including phenoxy) is 2. The number of fused-ring (bicyclic) bond motifs is 2. The number of nitrogens with zero attached hydrogens (tertiary/aromatic N) is 4. The maximum atomic E-state index is 5.80. The third-order valence-electron chi connectivity index (χ3n) is 4.17. The third-order valence-corrected chi connectivity index (χ3v) is 5.26. The maximum Gasteiger partial charge on any atom is 0.231 e. The second-order valence-corrected chi connectivity index (χ2v) is 6.74. The van der Waals surface area contributed by atoms with E-state index >= 15 is 0 Å². The zero-order valence-electron chi connectivity index (χ0n) is 14.2. The molecule has 3 heterocycles. The van der Waals surface area contributed by atoms with E-state index in [1.165, 1.54) is 5.56 Å². The number of hydrogen-bond acceptors (Lipinski definition) is 7. The van der Waals surface area contributed by atoms with E-state index in [9.17, 15) is 0 Å². The topological polar surface area (TPSA) is 88.1 Å². The smallest absolute Gasteiger partial charge is 0.231 e. The van der Waals surface area contributed by atoms with Crippen LogP contribution < -0.4 is 15.2 Å². The Morgan fingerprint density at radius 2 is 2.04 bits per heavy atom. The van der Waals surface area contributed by atoms with Gasteiger partial charge in [-0.05, 0) is 31.0 Å². The Morgan fingerprint density at radius 3 is 2.80 bits per heavy atom. The van der Waals surface area contributed by atoms with Crippen LogP contribution in [0.3, 0.4) is 0 Å². The van der Waals surface area contributed by atoms with Crippen LogP contribution in [0, 0.1) is 6.92 Å². The molecule has 0 radical (unpaired) electrons. The Hall–Kier alpha value is -2.32. The van der Waals surface area contributed by atoms with Crippen LogP contribution in [0.25, 0.3) is 11.2 Å². The van der Waals surface area contributed by atoms with Crippen LogP contribution in [-0.4, -0.2) is 32.9 Å². The van der Waals surface area contributed by atoms with Gasteiger partial charge in [0.15, 0.2) is 22.3 Å². The first-order valence-corrected chi connectivity index (χ1v) is 9.01. The molecular weight excluding hydrogens is 338 g/mol. The number of aryl methyl sites for hydroxylation is 2. The van der Waals surface area contributed by atoms with Gasteiger partial charge in [-0.2, -0.15) is 0 Å². The molecule has 1 aliphatic rings. The SMILES string of the molecule is CCc1cc2c(cc1Sc1nc3c(C)ncnc3n1CCN)OCO2. The average Bonchev–Trinajstić information content (AvgIpc) is 3.20. The summed E-state index contributed by atoms with van der Waals surface area (Å²) in [7, 11) is 0. The van der Waals surface area contributed by atoms with Gasteiger partial charge in [-0.15, -0.1) is 0 Å². The summed E-state index contributed by atoms with van der Waals surface area (Å²) in [5, 5.41) is 0.859. The minimum absolute atomic E-state index is 0.271. The Morgan fingerprint density at radius 1 is 1.24 bits per heavy atom. The van der Waals surface area contributed by atoms with Crippen molar-refractivity contribution < 1.29 is 9.47 Å². The molecule has 25 heavy (non-hydrogen) atoms. The van der Waals surface area contributed by atoms with Crippen molar-refractivity contribution >= 4 is 22.9 Å². The highest BCUT2D eigenvalue weighted by Gasteiger charge is 2.20. The Labute approximate surface area is 149 Å². The van der Waals surface area contributed by atoms with Gasteiger partial charge in [-0.1, -0.05) is 18.7 Å². The summed E-state index contributed by atoms with van der Waals surface area (Å²) in [6.07, 6.45) is 2.47. The van der Waals surface area contributed by atoms with Crippen molar-refractivity contribution in [3.05, 3.63) is 29.7 Å². The molecule has 0 unspecified atom stereocenters. The summed E-state index contributed by atoms with van der Waals surface area (Å²) in [4.78, 5) is 14.5. The number of nitrogens with two attached hydrogens (primary N) is 1. The molecule has 4 rings (SSSR count). The highest BCUT2D eigenvalue weighted by Crippen LogP contribution is 2.41. The molecule has 0 fully saturated rings. The lowest BCUT2D eigenvalue weighted by Crippen LogP contribution is -2.11. The minimum atomic E-state index is 0.271. The molecule has 0 aliphatic carbocycles. The average molecular weight is 357 g/mol. The summed E-state index contributed by atoms with van der Waals surface area (Å²) >= 11 is 1.60. The van der Waals surface area contributed by atoms with Crippen molar-refractivity contribution in [3.63, 3.8) is 0 Å². The van der Waals surface area contributed by atoms with E-state index in [0.717, 1.165) is 44.8 Å². The van der Waals surface area contributed by atoms with Gasteiger partial charge in [-0.25, -0.2) is 15.0 Å². The van der Waals surface area contributed by atoms with Crippen molar-refractivity contribution in [2.24, 2.45) is 5.73 Å². The van der Waals surface area contributed by atoms with Crippen LogP contribution in [0.5, 0.6) is 11.5 Å². The molecule has 0 spiro atoms. The maximum absolute atomic E-state index is 5.80. The number of rotatable bonds is 5. The molecule has 130 valence electrons. The molecule has 0 amide bonds. The lowest BCUT2D eigenvalue weighted by atomic mass is 10.1. The number of hydrogen-bond donors (Lipinski definition) is 1. The van der Waals surface area contributed by atoms with Crippen molar-refractivity contribution in [1.82, 2.24) is 19.5 Å². The standard InChI is InChI=1S/C17H19N5O2S/c1-3-11-6-12-13(24-9-23-12)7-14(11)25-17-21-15-10(2)19-8-20-16(15)22(17)5-4-18/h6-8H,3-5,9,18H2,1-2H3. The molecule has 0 bridgehead atoms. The summed E-state index contributed by atoms with van der Waals surface area (Å²) in [5.41, 5.74) is 9.50. The van der Waals surface area contributed by atoms with Crippen LogP contribution in [0.15, 0.2) is 28.5 Å². The van der Waals surface area contributed by atoms with E-state index in [2.05, 4.69) is 21.5 Å². The summed E-state index contributed by atoms with van der Waals surface area (Å²) in [6, 6.07) is 4.07. The Bertz CT molecular complexity index is 940. The van der Waals surface area contributed by atoms with Crippen LogP contribution in [0.1, 0.15) is 18.2 Å². The van der Waals surface area contributed by atoms with Crippen LogP contribution in [-0.2, 0) is 13.0 Å². The molecule has 0 atom stereocenters. The van der Waals surface area contributed by atoms with Crippen molar-refractivity contribution in [2.75, 3.05) is 13.3 Å². The quantitative estimate of drug-likeness (QED) is 0.750. The minimum Gasteiger partial charge on any atom is -0.454 e. The van der Waals surface area contributed by atoms with Crippen LogP contribution >= 0.6 is 11.8 Å². The van der Waals surface area contributed by atoms with Crippen molar-refractivity contribution in [1.29, 1.82) is 0 Å². The van der Waals surface area contributed by atoms with Crippen LogP contribution in [0.2, 0.25) is 0 Å².